The number of ether oxygens (including phenoxy) is 1. The fraction of sp³-hybridized carbons (Fsp3) is 0.368. The van der Waals surface area contributed by atoms with E-state index in [2.05, 4.69) is 55.6 Å². The maximum absolute atomic E-state index is 5.59. The quantitative estimate of drug-likeness (QED) is 0.778. The van der Waals surface area contributed by atoms with E-state index in [4.69, 9.17) is 4.74 Å². The molecule has 2 rings (SSSR count). The van der Waals surface area contributed by atoms with Gasteiger partial charge in [-0.05, 0) is 41.7 Å². The highest BCUT2D eigenvalue weighted by atomic mass is 16.5. The minimum Gasteiger partial charge on any atom is -0.494 e. The molecule has 0 heterocycles. The van der Waals surface area contributed by atoms with Crippen molar-refractivity contribution in [3.8, 4) is 5.75 Å². The summed E-state index contributed by atoms with van der Waals surface area (Å²) in [6, 6.07) is 17.0. The molecule has 0 aliphatic carbocycles. The average Bonchev–Trinajstić information content (AvgIpc) is 2.54. The van der Waals surface area contributed by atoms with Crippen LogP contribution in [0.1, 0.15) is 37.0 Å². The van der Waals surface area contributed by atoms with E-state index in [0.29, 0.717) is 0 Å². The normalized spacial score (nSPS) is 10.6. The van der Waals surface area contributed by atoms with E-state index in [1.54, 1.807) is 0 Å². The number of hydrogen-bond donors (Lipinski definition) is 1. The molecule has 0 aliphatic rings. The summed E-state index contributed by atoms with van der Waals surface area (Å²) in [4.78, 5) is 0. The zero-order chi connectivity index (χ0) is 14.9. The Kier molecular flexibility index (Phi) is 6.29. The lowest BCUT2D eigenvalue weighted by Crippen LogP contribution is -2.13. The molecule has 0 atom stereocenters. The highest BCUT2D eigenvalue weighted by molar-refractivity contribution is 5.28. The van der Waals surface area contributed by atoms with E-state index in [1.807, 2.05) is 12.1 Å². The first-order valence-electron chi connectivity index (χ1n) is 7.82. The van der Waals surface area contributed by atoms with E-state index >= 15 is 0 Å². The lowest BCUT2D eigenvalue weighted by molar-refractivity contribution is 0.317. The molecule has 0 amide bonds. The van der Waals surface area contributed by atoms with Gasteiger partial charge < -0.3 is 10.1 Å². The van der Waals surface area contributed by atoms with Gasteiger partial charge in [-0.3, -0.25) is 0 Å². The van der Waals surface area contributed by atoms with Crippen molar-refractivity contribution in [1.82, 2.24) is 5.32 Å². The van der Waals surface area contributed by atoms with Crippen LogP contribution in [-0.2, 0) is 19.5 Å². The fourth-order valence-corrected chi connectivity index (χ4v) is 2.34. The Morgan fingerprint density at radius 3 is 2.24 bits per heavy atom. The predicted molar refractivity (Wildman–Crippen MR) is 88.6 cm³/mol. The van der Waals surface area contributed by atoms with Crippen LogP contribution in [0.3, 0.4) is 0 Å². The first kappa shape index (κ1) is 15.6. The van der Waals surface area contributed by atoms with E-state index in [0.717, 1.165) is 38.3 Å². The van der Waals surface area contributed by atoms with Gasteiger partial charge in [0, 0.05) is 13.1 Å². The van der Waals surface area contributed by atoms with Crippen molar-refractivity contribution in [2.24, 2.45) is 0 Å². The molecular weight excluding hydrogens is 258 g/mol. The van der Waals surface area contributed by atoms with Crippen LogP contribution in [0.15, 0.2) is 48.5 Å². The lowest BCUT2D eigenvalue weighted by atomic mass is 10.1. The molecule has 0 bridgehead atoms. The smallest absolute Gasteiger partial charge is 0.119 e. The van der Waals surface area contributed by atoms with Crippen molar-refractivity contribution < 1.29 is 4.74 Å². The van der Waals surface area contributed by atoms with Crippen molar-refractivity contribution in [2.45, 2.75) is 39.8 Å². The van der Waals surface area contributed by atoms with Crippen LogP contribution in [0, 0.1) is 0 Å². The number of aryl methyl sites for hydroxylation is 1. The summed E-state index contributed by atoms with van der Waals surface area (Å²) in [6.07, 6.45) is 2.13. The monoisotopic (exact) mass is 283 g/mol. The van der Waals surface area contributed by atoms with Gasteiger partial charge in [0.2, 0.25) is 0 Å². The zero-order valence-electron chi connectivity index (χ0n) is 13.1. The highest BCUT2D eigenvalue weighted by Gasteiger charge is 2.00. The third kappa shape index (κ3) is 4.91. The summed E-state index contributed by atoms with van der Waals surface area (Å²) in [6.45, 7) is 6.90. The molecule has 0 aliphatic heterocycles. The second kappa shape index (κ2) is 8.48. The Morgan fingerprint density at radius 2 is 1.57 bits per heavy atom. The molecule has 2 nitrogen and oxygen atoms in total. The number of benzene rings is 2. The van der Waals surface area contributed by atoms with Gasteiger partial charge in [0.05, 0.1) is 6.61 Å². The second-order valence-corrected chi connectivity index (χ2v) is 5.22. The maximum Gasteiger partial charge on any atom is 0.119 e. The first-order chi connectivity index (χ1) is 10.3. The predicted octanol–water partition coefficient (Wildman–Crippen LogP) is 4.33. The zero-order valence-corrected chi connectivity index (χ0v) is 13.1. The van der Waals surface area contributed by atoms with Crippen LogP contribution >= 0.6 is 0 Å². The topological polar surface area (TPSA) is 21.3 Å². The van der Waals surface area contributed by atoms with Crippen molar-refractivity contribution in [1.29, 1.82) is 0 Å². The van der Waals surface area contributed by atoms with E-state index in [1.165, 1.54) is 16.7 Å². The Balaban J connectivity index is 1.83. The molecule has 0 saturated carbocycles. The van der Waals surface area contributed by atoms with Crippen LogP contribution in [0.4, 0.5) is 0 Å². The van der Waals surface area contributed by atoms with Crippen LogP contribution in [0.2, 0.25) is 0 Å². The summed E-state index contributed by atoms with van der Waals surface area (Å²) in [5, 5.41) is 3.51. The van der Waals surface area contributed by atoms with Crippen LogP contribution < -0.4 is 10.1 Å². The average molecular weight is 283 g/mol. The summed E-state index contributed by atoms with van der Waals surface area (Å²) >= 11 is 0. The third-order valence-corrected chi connectivity index (χ3v) is 3.54. The van der Waals surface area contributed by atoms with Crippen molar-refractivity contribution >= 4 is 0 Å². The molecule has 112 valence electrons. The van der Waals surface area contributed by atoms with Crippen LogP contribution in [0.5, 0.6) is 5.75 Å². The first-order valence-corrected chi connectivity index (χ1v) is 7.82. The summed E-state index contributed by atoms with van der Waals surface area (Å²) in [7, 11) is 0. The molecule has 2 aromatic rings. The van der Waals surface area contributed by atoms with Crippen molar-refractivity contribution in [2.75, 3.05) is 6.61 Å². The Morgan fingerprint density at radius 1 is 0.857 bits per heavy atom. The molecule has 21 heavy (non-hydrogen) atoms. The Labute approximate surface area is 128 Å². The van der Waals surface area contributed by atoms with Gasteiger partial charge in [-0.2, -0.15) is 0 Å². The number of nitrogens with one attached hydrogen (secondary N) is 1. The maximum atomic E-state index is 5.59. The van der Waals surface area contributed by atoms with E-state index < -0.39 is 0 Å². The summed E-state index contributed by atoms with van der Waals surface area (Å²) in [5.74, 6) is 0.955. The standard InChI is InChI=1S/C19H25NO/c1-3-13-21-19-11-9-16(10-12-19)14-20-15-18-8-6-5-7-17(18)4-2/h5-12,20H,3-4,13-15H2,1-2H3. The van der Waals surface area contributed by atoms with Gasteiger partial charge in [0.25, 0.3) is 0 Å². The molecular formula is C19H25NO. The largest absolute Gasteiger partial charge is 0.494 e. The Bertz CT molecular complexity index is 534. The molecule has 0 fully saturated rings. The van der Waals surface area contributed by atoms with E-state index in [9.17, 15) is 0 Å². The van der Waals surface area contributed by atoms with Crippen molar-refractivity contribution in [3.05, 3.63) is 65.2 Å². The van der Waals surface area contributed by atoms with Gasteiger partial charge in [-0.1, -0.05) is 50.2 Å². The number of hydrogen-bond acceptors (Lipinski definition) is 2. The molecule has 0 spiro atoms. The highest BCUT2D eigenvalue weighted by Crippen LogP contribution is 2.13. The summed E-state index contributed by atoms with van der Waals surface area (Å²) < 4.78 is 5.59. The second-order valence-electron chi connectivity index (χ2n) is 5.22. The molecule has 0 saturated heterocycles. The van der Waals surface area contributed by atoms with Gasteiger partial charge in [-0.25, -0.2) is 0 Å². The minimum atomic E-state index is 0.783. The minimum absolute atomic E-state index is 0.783. The lowest BCUT2D eigenvalue weighted by Gasteiger charge is -2.10. The molecule has 1 N–H and O–H groups in total. The SMILES string of the molecule is CCCOc1ccc(CNCc2ccccc2CC)cc1. The molecule has 2 heteroatoms. The van der Waals surface area contributed by atoms with Crippen LogP contribution in [-0.4, -0.2) is 6.61 Å². The van der Waals surface area contributed by atoms with Gasteiger partial charge in [0.15, 0.2) is 0 Å². The third-order valence-electron chi connectivity index (χ3n) is 3.54. The number of rotatable bonds is 8. The van der Waals surface area contributed by atoms with Gasteiger partial charge in [-0.15, -0.1) is 0 Å². The molecule has 2 aromatic carbocycles. The van der Waals surface area contributed by atoms with Crippen molar-refractivity contribution in [3.63, 3.8) is 0 Å². The molecule has 0 unspecified atom stereocenters. The molecule has 0 aromatic heterocycles. The van der Waals surface area contributed by atoms with Gasteiger partial charge >= 0.3 is 0 Å². The Hall–Kier alpha value is -1.80. The van der Waals surface area contributed by atoms with Gasteiger partial charge in [0.1, 0.15) is 5.75 Å². The fourth-order valence-electron chi connectivity index (χ4n) is 2.34. The summed E-state index contributed by atoms with van der Waals surface area (Å²) in [5.41, 5.74) is 4.10. The molecule has 0 radical (unpaired) electrons. The van der Waals surface area contributed by atoms with Crippen LogP contribution in [0.25, 0.3) is 0 Å². The van der Waals surface area contributed by atoms with E-state index in [-0.39, 0.29) is 0 Å².